The Hall–Kier alpha value is -1.75. The summed E-state index contributed by atoms with van der Waals surface area (Å²) in [6.45, 7) is 10.4. The van der Waals surface area contributed by atoms with Crippen molar-refractivity contribution in [3.8, 4) is 5.75 Å². The van der Waals surface area contributed by atoms with Gasteiger partial charge < -0.3 is 15.0 Å². The Labute approximate surface area is 204 Å². The van der Waals surface area contributed by atoms with Gasteiger partial charge in [-0.3, -0.25) is 0 Å². The molecule has 0 radical (unpaired) electrons. The summed E-state index contributed by atoms with van der Waals surface area (Å²) in [6, 6.07) is 12.3. The highest BCUT2D eigenvalue weighted by Crippen LogP contribution is 2.34. The van der Waals surface area contributed by atoms with Crippen LogP contribution in [0.4, 0.5) is 5.69 Å². The summed E-state index contributed by atoms with van der Waals surface area (Å²) >= 11 is 6.25. The van der Waals surface area contributed by atoms with Crippen LogP contribution in [-0.4, -0.2) is 42.7 Å². The molecule has 0 aliphatic carbocycles. The fourth-order valence-corrected chi connectivity index (χ4v) is 4.42. The third kappa shape index (κ3) is 6.87. The molecule has 0 saturated carbocycles. The molecule has 1 aromatic heterocycles. The number of nitrogens with zero attached hydrogens (tertiary/aromatic N) is 2. The lowest BCUT2D eigenvalue weighted by Crippen LogP contribution is -2.26. The van der Waals surface area contributed by atoms with Crippen LogP contribution in [0.1, 0.15) is 52.9 Å². The van der Waals surface area contributed by atoms with Gasteiger partial charge in [0.2, 0.25) is 0 Å². The number of hydrogen-bond acceptors (Lipinski definition) is 4. The lowest BCUT2D eigenvalue weighted by molar-refractivity contribution is 0.267. The molecule has 3 rings (SSSR count). The van der Waals surface area contributed by atoms with E-state index in [2.05, 4.69) is 43.1 Å². The topological polar surface area (TPSA) is 37.4 Å². The predicted octanol–water partition coefficient (Wildman–Crippen LogP) is 7.56. The molecule has 1 unspecified atom stereocenters. The molecule has 2 aromatic carbocycles. The molecule has 1 atom stereocenters. The summed E-state index contributed by atoms with van der Waals surface area (Å²) in [4.78, 5) is 7.42. The first-order chi connectivity index (χ1) is 15.0. The third-order valence-corrected chi connectivity index (χ3v) is 6.01. The number of fused-ring (bicyclic) bond motifs is 2. The summed E-state index contributed by atoms with van der Waals surface area (Å²) in [5.74, 6) is 0.838. The fraction of sp³-hybridized carbons (Fsp3) is 0.500. The van der Waals surface area contributed by atoms with E-state index in [1.54, 1.807) is 7.11 Å². The van der Waals surface area contributed by atoms with Gasteiger partial charge in [-0.05, 0) is 88.6 Å². The van der Waals surface area contributed by atoms with Crippen LogP contribution in [0.5, 0.6) is 5.75 Å². The van der Waals surface area contributed by atoms with Gasteiger partial charge in [0.25, 0.3) is 0 Å². The zero-order valence-corrected chi connectivity index (χ0v) is 21.4. The predicted molar refractivity (Wildman–Crippen MR) is 142 cm³/mol. The molecule has 0 aliphatic heterocycles. The second-order valence-electron chi connectivity index (χ2n) is 8.41. The van der Waals surface area contributed by atoms with Crippen LogP contribution in [0.15, 0.2) is 36.4 Å². The van der Waals surface area contributed by atoms with Gasteiger partial charge in [-0.15, -0.1) is 12.4 Å². The average Bonchev–Trinajstić information content (AvgIpc) is 2.76. The molecule has 1 heterocycles. The number of nitrogens with one attached hydrogen (secondary N) is 1. The first-order valence-corrected chi connectivity index (χ1v) is 12.0. The number of aromatic nitrogens is 1. The van der Waals surface area contributed by atoms with E-state index in [4.69, 9.17) is 21.3 Å². The maximum atomic E-state index is 6.25. The molecule has 0 fully saturated rings. The number of pyridine rings is 1. The minimum absolute atomic E-state index is 0. The van der Waals surface area contributed by atoms with E-state index in [1.165, 1.54) is 45.3 Å². The number of benzene rings is 2. The quantitative estimate of drug-likeness (QED) is 0.215. The molecule has 32 heavy (non-hydrogen) atoms. The molecule has 0 aliphatic rings. The van der Waals surface area contributed by atoms with Gasteiger partial charge in [0, 0.05) is 21.8 Å². The summed E-state index contributed by atoms with van der Waals surface area (Å²) in [5, 5.41) is 6.66. The number of unbranched alkanes of at least 4 members (excludes halogenated alkanes) is 1. The van der Waals surface area contributed by atoms with Crippen molar-refractivity contribution in [3.63, 3.8) is 0 Å². The molecule has 0 saturated heterocycles. The molecule has 0 bridgehead atoms. The van der Waals surface area contributed by atoms with Crippen molar-refractivity contribution in [3.05, 3.63) is 41.4 Å². The van der Waals surface area contributed by atoms with Gasteiger partial charge in [-0.25, -0.2) is 4.98 Å². The zero-order chi connectivity index (χ0) is 22.2. The second-order valence-corrected chi connectivity index (χ2v) is 8.85. The van der Waals surface area contributed by atoms with Crippen molar-refractivity contribution in [1.82, 2.24) is 9.88 Å². The highest BCUT2D eigenvalue weighted by molar-refractivity contribution is 6.31. The lowest BCUT2D eigenvalue weighted by atomic mass is 10.0. The van der Waals surface area contributed by atoms with Crippen LogP contribution < -0.4 is 10.1 Å². The van der Waals surface area contributed by atoms with E-state index in [0.29, 0.717) is 11.1 Å². The van der Waals surface area contributed by atoms with Crippen LogP contribution in [0, 0.1) is 0 Å². The number of anilines is 1. The standard InChI is InChI=1S/C26H36ClN3O.ClH/c1-5-14-30(15-6-2)16-8-7-9-19(3)28-26-22-12-10-20(27)17-25(22)29-24-13-11-21(31-4)18-23(24)26;/h10-13,17-19H,5-9,14-16H2,1-4H3,(H,28,29);1H. The maximum absolute atomic E-state index is 6.25. The molecule has 3 aromatic rings. The SMILES string of the molecule is CCCN(CCC)CCCCC(C)Nc1c2ccc(Cl)cc2nc2ccc(OC)cc12.Cl. The Balaban J connectivity index is 0.00000363. The first-order valence-electron chi connectivity index (χ1n) is 11.6. The van der Waals surface area contributed by atoms with Gasteiger partial charge in [-0.1, -0.05) is 31.9 Å². The van der Waals surface area contributed by atoms with Crippen molar-refractivity contribution >= 4 is 51.5 Å². The number of halogens is 2. The van der Waals surface area contributed by atoms with Crippen molar-refractivity contribution in [2.75, 3.05) is 32.1 Å². The number of methoxy groups -OCH3 is 1. The fourth-order valence-electron chi connectivity index (χ4n) is 4.25. The molecule has 1 N–H and O–H groups in total. The van der Waals surface area contributed by atoms with Crippen molar-refractivity contribution in [1.29, 1.82) is 0 Å². The Kier molecular flexibility index (Phi) is 10.8. The van der Waals surface area contributed by atoms with Crippen molar-refractivity contribution in [2.45, 2.75) is 58.9 Å². The highest BCUT2D eigenvalue weighted by Gasteiger charge is 2.13. The second kappa shape index (κ2) is 13.1. The Morgan fingerprint density at radius 2 is 1.72 bits per heavy atom. The Morgan fingerprint density at radius 1 is 0.969 bits per heavy atom. The molecular weight excluding hydrogens is 441 g/mol. The smallest absolute Gasteiger partial charge is 0.119 e. The maximum Gasteiger partial charge on any atom is 0.119 e. The van der Waals surface area contributed by atoms with Gasteiger partial charge in [0.1, 0.15) is 5.75 Å². The van der Waals surface area contributed by atoms with Gasteiger partial charge >= 0.3 is 0 Å². The first kappa shape index (κ1) is 26.5. The lowest BCUT2D eigenvalue weighted by Gasteiger charge is -2.22. The molecule has 6 heteroatoms. The largest absolute Gasteiger partial charge is 0.497 e. The number of rotatable bonds is 12. The van der Waals surface area contributed by atoms with Gasteiger partial charge in [-0.2, -0.15) is 0 Å². The van der Waals surface area contributed by atoms with E-state index in [0.717, 1.165) is 39.7 Å². The third-order valence-electron chi connectivity index (χ3n) is 5.77. The summed E-state index contributed by atoms with van der Waals surface area (Å²) in [7, 11) is 1.70. The summed E-state index contributed by atoms with van der Waals surface area (Å²) < 4.78 is 5.47. The molecule has 0 amide bonds. The van der Waals surface area contributed by atoms with Crippen LogP contribution in [0.25, 0.3) is 21.8 Å². The Morgan fingerprint density at radius 3 is 2.41 bits per heavy atom. The normalized spacial score (nSPS) is 12.2. The van der Waals surface area contributed by atoms with Crippen LogP contribution >= 0.6 is 24.0 Å². The molecule has 4 nitrogen and oxygen atoms in total. The van der Waals surface area contributed by atoms with Gasteiger partial charge in [0.05, 0.1) is 23.8 Å². The molecular formula is C26H37Cl2N3O. The van der Waals surface area contributed by atoms with Crippen LogP contribution in [0.2, 0.25) is 5.02 Å². The number of hydrogen-bond donors (Lipinski definition) is 1. The van der Waals surface area contributed by atoms with Crippen molar-refractivity contribution in [2.24, 2.45) is 0 Å². The summed E-state index contributed by atoms with van der Waals surface area (Å²) in [5.41, 5.74) is 2.97. The van der Waals surface area contributed by atoms with E-state index >= 15 is 0 Å². The van der Waals surface area contributed by atoms with Crippen molar-refractivity contribution < 1.29 is 4.74 Å². The van der Waals surface area contributed by atoms with Gasteiger partial charge in [0.15, 0.2) is 0 Å². The van der Waals surface area contributed by atoms with E-state index < -0.39 is 0 Å². The zero-order valence-electron chi connectivity index (χ0n) is 19.8. The van der Waals surface area contributed by atoms with Crippen LogP contribution in [0.3, 0.4) is 0 Å². The monoisotopic (exact) mass is 477 g/mol. The summed E-state index contributed by atoms with van der Waals surface area (Å²) in [6.07, 6.45) is 6.05. The minimum Gasteiger partial charge on any atom is -0.497 e. The van der Waals surface area contributed by atoms with E-state index in [1.807, 2.05) is 24.3 Å². The van der Waals surface area contributed by atoms with Crippen LogP contribution in [-0.2, 0) is 0 Å². The number of ether oxygens (including phenoxy) is 1. The average molecular weight is 479 g/mol. The Bertz CT molecular complexity index is 990. The van der Waals surface area contributed by atoms with E-state index in [-0.39, 0.29) is 12.4 Å². The van der Waals surface area contributed by atoms with E-state index in [9.17, 15) is 0 Å². The molecule has 0 spiro atoms. The molecule has 176 valence electrons. The minimum atomic E-state index is 0. The highest BCUT2D eigenvalue weighted by atomic mass is 35.5.